The van der Waals surface area contributed by atoms with Crippen molar-refractivity contribution in [3.05, 3.63) is 12.4 Å². The summed E-state index contributed by atoms with van der Waals surface area (Å²) in [6.07, 6.45) is 9.30. The third-order valence-electron chi connectivity index (χ3n) is 3.63. The number of nitrogens with zero attached hydrogens (tertiary/aromatic N) is 2. The average Bonchev–Trinajstić information content (AvgIpc) is 2.40. The summed E-state index contributed by atoms with van der Waals surface area (Å²) < 4.78 is 0. The topological polar surface area (TPSA) is 49.8 Å². The Bertz CT molecular complexity index is 361. The number of hydrogen-bond donors (Lipinski definition) is 2. The third-order valence-corrected chi connectivity index (χ3v) is 3.63. The van der Waals surface area contributed by atoms with E-state index < -0.39 is 0 Å². The maximum atomic E-state index is 4.30. The summed E-state index contributed by atoms with van der Waals surface area (Å²) in [5.74, 6) is 1.86. The Morgan fingerprint density at radius 3 is 2.67 bits per heavy atom. The van der Waals surface area contributed by atoms with Crippen molar-refractivity contribution in [3.8, 4) is 0 Å². The number of nitrogens with one attached hydrogen (secondary N) is 2. The molecule has 0 saturated heterocycles. The van der Waals surface area contributed by atoms with E-state index in [1.54, 1.807) is 6.33 Å². The Kier molecular flexibility index (Phi) is 4.79. The quantitative estimate of drug-likeness (QED) is 0.838. The van der Waals surface area contributed by atoms with E-state index >= 15 is 0 Å². The first-order valence-corrected chi connectivity index (χ1v) is 7.13. The summed E-state index contributed by atoms with van der Waals surface area (Å²) in [7, 11) is 0. The predicted octanol–water partition coefficient (Wildman–Crippen LogP) is 3.43. The summed E-state index contributed by atoms with van der Waals surface area (Å²) in [6.45, 7) is 4.33. The molecule has 0 bridgehead atoms. The van der Waals surface area contributed by atoms with Crippen molar-refractivity contribution >= 4 is 11.6 Å². The highest BCUT2D eigenvalue weighted by molar-refractivity contribution is 5.47. The molecular weight excluding hydrogens is 224 g/mol. The van der Waals surface area contributed by atoms with E-state index in [9.17, 15) is 0 Å². The molecule has 1 aliphatic rings. The summed E-state index contributed by atoms with van der Waals surface area (Å²) in [4.78, 5) is 8.56. The van der Waals surface area contributed by atoms with Gasteiger partial charge in [0.15, 0.2) is 0 Å². The molecule has 100 valence electrons. The third kappa shape index (κ3) is 3.86. The zero-order valence-corrected chi connectivity index (χ0v) is 11.4. The molecule has 0 amide bonds. The fourth-order valence-electron chi connectivity index (χ4n) is 2.33. The Balaban J connectivity index is 1.93. The van der Waals surface area contributed by atoms with Crippen molar-refractivity contribution in [2.45, 2.75) is 64.5 Å². The minimum atomic E-state index is 0.447. The van der Waals surface area contributed by atoms with Gasteiger partial charge in [-0.15, -0.1) is 0 Å². The molecule has 1 fully saturated rings. The molecule has 0 aliphatic heterocycles. The molecule has 1 aliphatic carbocycles. The van der Waals surface area contributed by atoms with Crippen molar-refractivity contribution < 1.29 is 0 Å². The molecule has 1 saturated carbocycles. The van der Waals surface area contributed by atoms with Gasteiger partial charge in [0.1, 0.15) is 18.0 Å². The predicted molar refractivity (Wildman–Crippen MR) is 75.9 cm³/mol. The monoisotopic (exact) mass is 248 g/mol. The van der Waals surface area contributed by atoms with E-state index in [0.717, 1.165) is 18.1 Å². The van der Waals surface area contributed by atoms with E-state index in [0.29, 0.717) is 12.1 Å². The molecule has 4 nitrogen and oxygen atoms in total. The summed E-state index contributed by atoms with van der Waals surface area (Å²) in [5.41, 5.74) is 0. The molecular formula is C14H24N4. The number of rotatable bonds is 5. The van der Waals surface area contributed by atoms with E-state index in [2.05, 4.69) is 34.4 Å². The van der Waals surface area contributed by atoms with Crippen molar-refractivity contribution in [2.75, 3.05) is 10.6 Å². The lowest BCUT2D eigenvalue weighted by Gasteiger charge is -2.23. The molecule has 1 unspecified atom stereocenters. The Labute approximate surface area is 110 Å². The van der Waals surface area contributed by atoms with E-state index in [-0.39, 0.29) is 0 Å². The maximum Gasteiger partial charge on any atom is 0.131 e. The summed E-state index contributed by atoms with van der Waals surface area (Å²) >= 11 is 0. The minimum Gasteiger partial charge on any atom is -0.367 e. The van der Waals surface area contributed by atoms with Gasteiger partial charge in [0, 0.05) is 18.2 Å². The van der Waals surface area contributed by atoms with Crippen LogP contribution in [0.4, 0.5) is 11.6 Å². The number of hydrogen-bond acceptors (Lipinski definition) is 4. The van der Waals surface area contributed by atoms with Crippen LogP contribution in [-0.2, 0) is 0 Å². The fourth-order valence-corrected chi connectivity index (χ4v) is 2.33. The molecule has 0 radical (unpaired) electrons. The first kappa shape index (κ1) is 13.1. The molecule has 4 heteroatoms. The largest absolute Gasteiger partial charge is 0.367 e. The van der Waals surface area contributed by atoms with Gasteiger partial charge >= 0.3 is 0 Å². The smallest absolute Gasteiger partial charge is 0.131 e. The molecule has 18 heavy (non-hydrogen) atoms. The van der Waals surface area contributed by atoms with E-state index in [4.69, 9.17) is 0 Å². The van der Waals surface area contributed by atoms with Crippen molar-refractivity contribution in [2.24, 2.45) is 0 Å². The van der Waals surface area contributed by atoms with Gasteiger partial charge < -0.3 is 10.6 Å². The van der Waals surface area contributed by atoms with E-state index in [1.165, 1.54) is 32.1 Å². The second-order valence-corrected chi connectivity index (χ2v) is 5.22. The molecule has 0 aromatic carbocycles. The highest BCUT2D eigenvalue weighted by Gasteiger charge is 2.13. The fraction of sp³-hybridized carbons (Fsp3) is 0.714. The lowest BCUT2D eigenvalue weighted by molar-refractivity contribution is 0.462. The zero-order chi connectivity index (χ0) is 12.8. The standard InChI is InChI=1S/C14H24N4/c1-3-11(2)17-13-9-14(16-10-15-13)18-12-7-5-4-6-8-12/h9-12H,3-8H2,1-2H3,(H2,15,16,17,18). The molecule has 1 aromatic heterocycles. The number of anilines is 2. The van der Waals surface area contributed by atoms with Gasteiger partial charge in [0.05, 0.1) is 0 Å². The molecule has 0 spiro atoms. The summed E-state index contributed by atoms with van der Waals surface area (Å²) in [5, 5.41) is 6.90. The normalized spacial score (nSPS) is 18.3. The maximum absolute atomic E-state index is 4.30. The molecule has 2 N–H and O–H groups in total. The lowest BCUT2D eigenvalue weighted by atomic mass is 9.95. The molecule has 2 rings (SSSR count). The van der Waals surface area contributed by atoms with Crippen LogP contribution in [0, 0.1) is 0 Å². The van der Waals surface area contributed by atoms with Crippen molar-refractivity contribution in [3.63, 3.8) is 0 Å². The van der Waals surface area contributed by atoms with Gasteiger partial charge in [-0.3, -0.25) is 0 Å². The first-order valence-electron chi connectivity index (χ1n) is 7.13. The lowest BCUT2D eigenvalue weighted by Crippen LogP contribution is -2.23. The molecule has 1 aromatic rings. The van der Waals surface area contributed by atoms with Crippen LogP contribution in [0.1, 0.15) is 52.4 Å². The van der Waals surface area contributed by atoms with Crippen LogP contribution in [0.5, 0.6) is 0 Å². The Morgan fingerprint density at radius 1 is 1.22 bits per heavy atom. The SMILES string of the molecule is CCC(C)Nc1cc(NC2CCCCC2)ncn1. The van der Waals surface area contributed by atoms with Gasteiger partial charge in [-0.2, -0.15) is 0 Å². The first-order chi connectivity index (χ1) is 8.78. The van der Waals surface area contributed by atoms with Crippen molar-refractivity contribution in [1.29, 1.82) is 0 Å². The minimum absolute atomic E-state index is 0.447. The van der Waals surface area contributed by atoms with Gasteiger partial charge in [-0.25, -0.2) is 9.97 Å². The highest BCUT2D eigenvalue weighted by atomic mass is 15.1. The van der Waals surface area contributed by atoms with Crippen LogP contribution in [0.15, 0.2) is 12.4 Å². The van der Waals surface area contributed by atoms with Crippen LogP contribution in [0.2, 0.25) is 0 Å². The van der Waals surface area contributed by atoms with Gasteiger partial charge in [0.25, 0.3) is 0 Å². The van der Waals surface area contributed by atoms with Crippen LogP contribution < -0.4 is 10.6 Å². The van der Waals surface area contributed by atoms with Crippen LogP contribution in [0.25, 0.3) is 0 Å². The molecule has 1 heterocycles. The van der Waals surface area contributed by atoms with Crippen LogP contribution in [-0.4, -0.2) is 22.1 Å². The Hall–Kier alpha value is -1.32. The van der Waals surface area contributed by atoms with Gasteiger partial charge in [-0.05, 0) is 26.2 Å². The van der Waals surface area contributed by atoms with Crippen LogP contribution >= 0.6 is 0 Å². The zero-order valence-electron chi connectivity index (χ0n) is 11.4. The highest BCUT2D eigenvalue weighted by Crippen LogP contribution is 2.21. The number of aromatic nitrogens is 2. The second-order valence-electron chi connectivity index (χ2n) is 5.22. The molecule has 1 atom stereocenters. The second kappa shape index (κ2) is 6.57. The van der Waals surface area contributed by atoms with Gasteiger partial charge in [0.2, 0.25) is 0 Å². The van der Waals surface area contributed by atoms with Gasteiger partial charge in [-0.1, -0.05) is 26.2 Å². The van der Waals surface area contributed by atoms with Crippen molar-refractivity contribution in [1.82, 2.24) is 9.97 Å². The van der Waals surface area contributed by atoms with Crippen LogP contribution in [0.3, 0.4) is 0 Å². The Morgan fingerprint density at radius 2 is 1.94 bits per heavy atom. The summed E-state index contributed by atoms with van der Waals surface area (Å²) in [6, 6.07) is 3.05. The average molecular weight is 248 g/mol. The van der Waals surface area contributed by atoms with E-state index in [1.807, 2.05) is 6.07 Å².